The summed E-state index contributed by atoms with van der Waals surface area (Å²) in [6.07, 6.45) is 8.12. The fourth-order valence-corrected chi connectivity index (χ4v) is 2.82. The van der Waals surface area contributed by atoms with Crippen molar-refractivity contribution in [1.82, 2.24) is 9.88 Å². The molecule has 2 nitrogen and oxygen atoms in total. The van der Waals surface area contributed by atoms with Crippen molar-refractivity contribution in [3.63, 3.8) is 0 Å². The van der Waals surface area contributed by atoms with Crippen LogP contribution in [0.5, 0.6) is 0 Å². The molecule has 1 aromatic heterocycles. The first kappa shape index (κ1) is 11.9. The van der Waals surface area contributed by atoms with Gasteiger partial charge in [-0.1, -0.05) is 19.4 Å². The van der Waals surface area contributed by atoms with Crippen LogP contribution in [0.15, 0.2) is 23.4 Å². The summed E-state index contributed by atoms with van der Waals surface area (Å²) in [4.78, 5) is 7.05. The number of rotatable bonds is 3. The van der Waals surface area contributed by atoms with Crippen molar-refractivity contribution >= 4 is 11.8 Å². The summed E-state index contributed by atoms with van der Waals surface area (Å²) in [5, 5.41) is 1.11. The Labute approximate surface area is 102 Å². The van der Waals surface area contributed by atoms with E-state index in [1.807, 2.05) is 0 Å². The fourth-order valence-electron chi connectivity index (χ4n) is 2.46. The average molecular weight is 236 g/mol. The van der Waals surface area contributed by atoms with Crippen LogP contribution in [0.1, 0.15) is 37.8 Å². The van der Waals surface area contributed by atoms with Crippen LogP contribution < -0.4 is 0 Å². The largest absolute Gasteiger partial charge is 0.297 e. The van der Waals surface area contributed by atoms with Crippen LogP contribution in [0.25, 0.3) is 0 Å². The minimum atomic E-state index is 0.599. The van der Waals surface area contributed by atoms with Gasteiger partial charge in [0.25, 0.3) is 0 Å². The highest BCUT2D eigenvalue weighted by Gasteiger charge is 2.22. The third-order valence-corrected chi connectivity index (χ3v) is 4.03. The topological polar surface area (TPSA) is 16.1 Å². The van der Waals surface area contributed by atoms with Gasteiger partial charge in [0.15, 0.2) is 0 Å². The Balaban J connectivity index is 2.14. The summed E-state index contributed by atoms with van der Waals surface area (Å²) in [6.45, 7) is 4.64. The first-order chi connectivity index (χ1) is 7.85. The molecular formula is C13H20N2S. The summed E-state index contributed by atoms with van der Waals surface area (Å²) in [7, 11) is 0. The predicted molar refractivity (Wildman–Crippen MR) is 69.9 cm³/mol. The van der Waals surface area contributed by atoms with E-state index in [0.717, 1.165) is 11.6 Å². The molecule has 16 heavy (non-hydrogen) atoms. The second-order valence-electron chi connectivity index (χ2n) is 4.27. The number of thioether (sulfide) groups is 1. The summed E-state index contributed by atoms with van der Waals surface area (Å²) in [5.41, 5.74) is 1.39. The Morgan fingerprint density at radius 1 is 1.44 bits per heavy atom. The third kappa shape index (κ3) is 2.58. The van der Waals surface area contributed by atoms with Crippen LogP contribution in [0.2, 0.25) is 0 Å². The van der Waals surface area contributed by atoms with Crippen molar-refractivity contribution in [3.8, 4) is 0 Å². The summed E-state index contributed by atoms with van der Waals surface area (Å²) in [5.74, 6) is 0. The minimum absolute atomic E-state index is 0.599. The monoisotopic (exact) mass is 236 g/mol. The van der Waals surface area contributed by atoms with Gasteiger partial charge in [-0.15, -0.1) is 11.8 Å². The molecule has 1 aliphatic heterocycles. The van der Waals surface area contributed by atoms with Crippen molar-refractivity contribution in [2.24, 2.45) is 0 Å². The van der Waals surface area contributed by atoms with E-state index in [9.17, 15) is 0 Å². The lowest BCUT2D eigenvalue weighted by Gasteiger charge is -2.35. The zero-order chi connectivity index (χ0) is 11.4. The first-order valence-electron chi connectivity index (χ1n) is 6.09. The molecule has 0 saturated carbocycles. The molecule has 1 fully saturated rings. The van der Waals surface area contributed by atoms with E-state index < -0.39 is 0 Å². The smallest absolute Gasteiger partial charge is 0.0957 e. The van der Waals surface area contributed by atoms with E-state index in [4.69, 9.17) is 0 Å². The molecule has 1 aromatic rings. The maximum Gasteiger partial charge on any atom is 0.0957 e. The van der Waals surface area contributed by atoms with Crippen molar-refractivity contribution in [3.05, 3.63) is 23.9 Å². The highest BCUT2D eigenvalue weighted by atomic mass is 32.2. The fraction of sp³-hybridized carbons (Fsp3) is 0.615. The lowest BCUT2D eigenvalue weighted by Crippen LogP contribution is -2.33. The molecule has 1 atom stereocenters. The highest BCUT2D eigenvalue weighted by molar-refractivity contribution is 7.98. The number of likely N-dealkylation sites (tertiary alicyclic amines) is 1. The van der Waals surface area contributed by atoms with Crippen LogP contribution in [-0.4, -0.2) is 29.2 Å². The van der Waals surface area contributed by atoms with Crippen molar-refractivity contribution < 1.29 is 0 Å². The zero-order valence-electron chi connectivity index (χ0n) is 10.1. The third-order valence-electron chi connectivity index (χ3n) is 3.37. The number of piperidine rings is 1. The van der Waals surface area contributed by atoms with Gasteiger partial charge in [-0.25, -0.2) is 4.98 Å². The molecule has 0 bridgehead atoms. The van der Waals surface area contributed by atoms with Gasteiger partial charge < -0.3 is 0 Å². The molecule has 2 heterocycles. The molecule has 1 saturated heterocycles. The SMILES string of the molecule is CCN1CCCC[C@H]1c1ccc(SC)nc1. The van der Waals surface area contributed by atoms with E-state index in [1.54, 1.807) is 11.8 Å². The number of nitrogens with zero attached hydrogens (tertiary/aromatic N) is 2. The zero-order valence-corrected chi connectivity index (χ0v) is 11.0. The molecule has 0 spiro atoms. The quantitative estimate of drug-likeness (QED) is 0.749. The highest BCUT2D eigenvalue weighted by Crippen LogP contribution is 2.30. The Morgan fingerprint density at radius 3 is 2.94 bits per heavy atom. The van der Waals surface area contributed by atoms with E-state index in [-0.39, 0.29) is 0 Å². The van der Waals surface area contributed by atoms with Gasteiger partial charge in [0, 0.05) is 12.2 Å². The van der Waals surface area contributed by atoms with Crippen LogP contribution in [0, 0.1) is 0 Å². The maximum absolute atomic E-state index is 4.48. The minimum Gasteiger partial charge on any atom is -0.297 e. The Kier molecular flexibility index (Phi) is 4.24. The second kappa shape index (κ2) is 5.69. The molecule has 88 valence electrons. The van der Waals surface area contributed by atoms with Gasteiger partial charge in [0.05, 0.1) is 5.03 Å². The van der Waals surface area contributed by atoms with Crippen LogP contribution in [0.4, 0.5) is 0 Å². The average Bonchev–Trinajstić information content (AvgIpc) is 2.39. The van der Waals surface area contributed by atoms with Crippen molar-refractivity contribution in [1.29, 1.82) is 0 Å². The van der Waals surface area contributed by atoms with Crippen molar-refractivity contribution in [2.75, 3.05) is 19.3 Å². The molecule has 0 amide bonds. The van der Waals surface area contributed by atoms with Gasteiger partial charge in [-0.2, -0.15) is 0 Å². The Bertz CT molecular complexity index is 323. The lowest BCUT2D eigenvalue weighted by molar-refractivity contribution is 0.157. The van der Waals surface area contributed by atoms with Crippen LogP contribution in [0.3, 0.4) is 0 Å². The van der Waals surface area contributed by atoms with Crippen LogP contribution in [-0.2, 0) is 0 Å². The first-order valence-corrected chi connectivity index (χ1v) is 7.31. The van der Waals surface area contributed by atoms with Gasteiger partial charge in [-0.05, 0) is 43.8 Å². The van der Waals surface area contributed by atoms with Crippen LogP contribution >= 0.6 is 11.8 Å². The van der Waals surface area contributed by atoms with E-state index >= 15 is 0 Å². The number of hydrogen-bond acceptors (Lipinski definition) is 3. The van der Waals surface area contributed by atoms with Crippen molar-refractivity contribution in [2.45, 2.75) is 37.3 Å². The van der Waals surface area contributed by atoms with Gasteiger partial charge in [-0.3, -0.25) is 4.90 Å². The normalized spacial score (nSPS) is 22.2. The Hall–Kier alpha value is -0.540. The summed E-state index contributed by atoms with van der Waals surface area (Å²) >= 11 is 1.71. The molecule has 0 aliphatic carbocycles. The molecule has 0 radical (unpaired) electrons. The number of hydrogen-bond donors (Lipinski definition) is 0. The van der Waals surface area contributed by atoms with Gasteiger partial charge in [0.1, 0.15) is 0 Å². The number of pyridine rings is 1. The molecule has 2 rings (SSSR count). The molecule has 1 aliphatic rings. The van der Waals surface area contributed by atoms with E-state index in [0.29, 0.717) is 6.04 Å². The van der Waals surface area contributed by atoms with E-state index in [1.165, 1.54) is 31.4 Å². The molecule has 0 unspecified atom stereocenters. The van der Waals surface area contributed by atoms with Gasteiger partial charge in [0.2, 0.25) is 0 Å². The predicted octanol–water partition coefficient (Wildman–Crippen LogP) is 3.35. The molecule has 0 N–H and O–H groups in total. The second-order valence-corrected chi connectivity index (χ2v) is 5.10. The van der Waals surface area contributed by atoms with E-state index in [2.05, 4.69) is 41.4 Å². The lowest BCUT2D eigenvalue weighted by atomic mass is 9.96. The molecule has 3 heteroatoms. The summed E-state index contributed by atoms with van der Waals surface area (Å²) in [6, 6.07) is 4.99. The molecule has 0 aromatic carbocycles. The van der Waals surface area contributed by atoms with Gasteiger partial charge >= 0.3 is 0 Å². The molecular weight excluding hydrogens is 216 g/mol. The number of aromatic nitrogens is 1. The summed E-state index contributed by atoms with van der Waals surface area (Å²) < 4.78 is 0. The Morgan fingerprint density at radius 2 is 2.31 bits per heavy atom. The standard InChI is InChI=1S/C13H20N2S/c1-3-15-9-5-4-6-12(15)11-7-8-13(16-2)14-10-11/h7-8,10,12H,3-6,9H2,1-2H3/t12-/m0/s1. The maximum atomic E-state index is 4.48.